The van der Waals surface area contributed by atoms with E-state index in [1.807, 2.05) is 11.4 Å². The maximum absolute atomic E-state index is 11.5. The lowest BCUT2D eigenvalue weighted by Crippen LogP contribution is -2.37. The largest absolute Gasteiger partial charge is 0.479 e. The van der Waals surface area contributed by atoms with Crippen molar-refractivity contribution in [1.29, 1.82) is 0 Å². The Hall–Kier alpha value is -0.920. The van der Waals surface area contributed by atoms with E-state index in [4.69, 9.17) is 9.84 Å². The lowest BCUT2D eigenvalue weighted by atomic mass is 10.2. The third-order valence-electron chi connectivity index (χ3n) is 2.26. The second kappa shape index (κ2) is 7.50. The van der Waals surface area contributed by atoms with Gasteiger partial charge in [-0.1, -0.05) is 0 Å². The van der Waals surface area contributed by atoms with E-state index in [0.29, 0.717) is 12.8 Å². The molecule has 1 amide bonds. The first kappa shape index (κ1) is 15.1. The van der Waals surface area contributed by atoms with E-state index in [1.54, 1.807) is 11.3 Å². The van der Waals surface area contributed by atoms with Crippen LogP contribution >= 0.6 is 27.3 Å². The van der Waals surface area contributed by atoms with Gasteiger partial charge in [-0.3, -0.25) is 4.79 Å². The summed E-state index contributed by atoms with van der Waals surface area (Å²) in [7, 11) is 1.30. The summed E-state index contributed by atoms with van der Waals surface area (Å²) in [5.41, 5.74) is 0. The van der Waals surface area contributed by atoms with Crippen molar-refractivity contribution in [3.8, 4) is 0 Å². The van der Waals surface area contributed by atoms with Gasteiger partial charge in [0.15, 0.2) is 6.10 Å². The smallest absolute Gasteiger partial charge is 0.334 e. The van der Waals surface area contributed by atoms with E-state index in [0.717, 1.165) is 9.35 Å². The molecule has 1 aromatic heterocycles. The number of amides is 1. The van der Waals surface area contributed by atoms with Gasteiger partial charge < -0.3 is 15.2 Å². The van der Waals surface area contributed by atoms with Crippen LogP contribution in [0.3, 0.4) is 0 Å². The Bertz CT molecular complexity index is 421. The number of thiophene rings is 1. The highest BCUT2D eigenvalue weighted by Gasteiger charge is 2.16. The summed E-state index contributed by atoms with van der Waals surface area (Å²) >= 11 is 4.92. The van der Waals surface area contributed by atoms with Crippen molar-refractivity contribution in [1.82, 2.24) is 5.32 Å². The second-order valence-electron chi connectivity index (χ2n) is 3.60. The molecule has 5 nitrogen and oxygen atoms in total. The number of aryl methyl sites for hydroxylation is 1. The first-order chi connectivity index (χ1) is 8.52. The van der Waals surface area contributed by atoms with Gasteiger partial charge in [0.25, 0.3) is 0 Å². The van der Waals surface area contributed by atoms with Crippen LogP contribution in [0.2, 0.25) is 0 Å². The zero-order valence-corrected chi connectivity index (χ0v) is 12.2. The minimum atomic E-state index is -1.08. The molecule has 2 N–H and O–H groups in total. The van der Waals surface area contributed by atoms with Crippen molar-refractivity contribution in [2.45, 2.75) is 18.9 Å². The molecule has 7 heteroatoms. The van der Waals surface area contributed by atoms with Gasteiger partial charge >= 0.3 is 5.97 Å². The Morgan fingerprint density at radius 1 is 1.61 bits per heavy atom. The molecule has 100 valence electrons. The number of rotatable bonds is 7. The Kier molecular flexibility index (Phi) is 6.31. The summed E-state index contributed by atoms with van der Waals surface area (Å²) in [5.74, 6) is -1.26. The highest BCUT2D eigenvalue weighted by atomic mass is 79.9. The number of halogens is 1. The average molecular weight is 336 g/mol. The predicted molar refractivity (Wildman–Crippen MR) is 71.8 cm³/mol. The Balaban J connectivity index is 2.27. The molecular formula is C11H14BrNO4S. The Labute approximate surface area is 117 Å². The van der Waals surface area contributed by atoms with E-state index in [-0.39, 0.29) is 12.5 Å². The zero-order chi connectivity index (χ0) is 13.5. The van der Waals surface area contributed by atoms with Crippen LogP contribution in [0.25, 0.3) is 0 Å². The summed E-state index contributed by atoms with van der Waals surface area (Å²) in [6.07, 6.45) is -0.0136. The van der Waals surface area contributed by atoms with Crippen LogP contribution < -0.4 is 5.32 Å². The predicted octanol–water partition coefficient (Wildman–Crippen LogP) is 1.66. The normalized spacial score (nSPS) is 12.1. The molecule has 0 radical (unpaired) electrons. The zero-order valence-electron chi connectivity index (χ0n) is 9.81. The lowest BCUT2D eigenvalue weighted by molar-refractivity contribution is -0.148. The molecule has 1 unspecified atom stereocenters. The van der Waals surface area contributed by atoms with Crippen LogP contribution in [0.5, 0.6) is 0 Å². The molecule has 18 heavy (non-hydrogen) atoms. The highest BCUT2D eigenvalue weighted by Crippen LogP contribution is 2.20. The lowest BCUT2D eigenvalue weighted by Gasteiger charge is -2.11. The molecule has 1 rings (SSSR count). The number of methoxy groups -OCH3 is 1. The van der Waals surface area contributed by atoms with Crippen LogP contribution in [-0.2, 0) is 20.7 Å². The van der Waals surface area contributed by atoms with Crippen LogP contribution in [0.15, 0.2) is 15.9 Å². The van der Waals surface area contributed by atoms with Crippen molar-refractivity contribution < 1.29 is 19.4 Å². The summed E-state index contributed by atoms with van der Waals surface area (Å²) in [4.78, 5) is 23.3. The van der Waals surface area contributed by atoms with E-state index < -0.39 is 12.1 Å². The van der Waals surface area contributed by atoms with Crippen molar-refractivity contribution in [2.24, 2.45) is 0 Å². The summed E-state index contributed by atoms with van der Waals surface area (Å²) < 4.78 is 5.72. The van der Waals surface area contributed by atoms with Gasteiger partial charge in [-0.25, -0.2) is 4.79 Å². The number of aliphatic carboxylic acids is 1. The topological polar surface area (TPSA) is 75.6 Å². The van der Waals surface area contributed by atoms with Crippen LogP contribution in [0.1, 0.15) is 11.3 Å². The van der Waals surface area contributed by atoms with Crippen molar-refractivity contribution in [2.75, 3.05) is 13.7 Å². The summed E-state index contributed by atoms with van der Waals surface area (Å²) in [6.45, 7) is -0.0151. The first-order valence-corrected chi connectivity index (χ1v) is 6.95. The van der Waals surface area contributed by atoms with E-state index >= 15 is 0 Å². The van der Waals surface area contributed by atoms with Gasteiger partial charge in [-0.15, -0.1) is 11.3 Å². The maximum atomic E-state index is 11.5. The number of hydrogen-bond donors (Lipinski definition) is 2. The molecular weight excluding hydrogens is 322 g/mol. The third-order valence-corrected chi connectivity index (χ3v) is 4.02. The molecule has 0 aliphatic rings. The Morgan fingerprint density at radius 2 is 2.33 bits per heavy atom. The molecule has 1 atom stereocenters. The van der Waals surface area contributed by atoms with E-state index in [2.05, 4.69) is 21.2 Å². The third kappa shape index (κ3) is 5.16. The van der Waals surface area contributed by atoms with Crippen molar-refractivity contribution in [3.05, 3.63) is 20.8 Å². The summed E-state index contributed by atoms with van der Waals surface area (Å²) in [6, 6.07) is 1.97. The minimum Gasteiger partial charge on any atom is -0.479 e. The molecule has 0 fully saturated rings. The molecule has 0 aromatic carbocycles. The fraction of sp³-hybridized carbons (Fsp3) is 0.455. The molecule has 1 heterocycles. The molecule has 0 spiro atoms. The SMILES string of the molecule is COC(CNC(=O)CCc1cc(Br)cs1)C(=O)O. The van der Waals surface area contributed by atoms with E-state index in [9.17, 15) is 9.59 Å². The molecule has 0 bridgehead atoms. The maximum Gasteiger partial charge on any atom is 0.334 e. The highest BCUT2D eigenvalue weighted by molar-refractivity contribution is 9.10. The van der Waals surface area contributed by atoms with Crippen LogP contribution in [0.4, 0.5) is 0 Å². The van der Waals surface area contributed by atoms with E-state index in [1.165, 1.54) is 7.11 Å². The standard InChI is InChI=1S/C11H14BrNO4S/c1-17-9(11(15)16)5-13-10(14)3-2-8-4-7(12)6-18-8/h4,6,9H,2-3,5H2,1H3,(H,13,14)(H,15,16). The van der Waals surface area contributed by atoms with Crippen LogP contribution in [-0.4, -0.2) is 36.7 Å². The molecule has 0 aliphatic carbocycles. The summed E-state index contributed by atoms with van der Waals surface area (Å²) in [5, 5.41) is 13.2. The van der Waals surface area contributed by atoms with Crippen LogP contribution in [0, 0.1) is 0 Å². The fourth-order valence-electron chi connectivity index (χ4n) is 1.29. The fourth-order valence-corrected chi connectivity index (χ4v) is 2.74. The number of carbonyl (C=O) groups excluding carboxylic acids is 1. The van der Waals surface area contributed by atoms with Gasteiger partial charge in [0.05, 0.1) is 6.54 Å². The molecule has 0 saturated carbocycles. The van der Waals surface area contributed by atoms with Crippen molar-refractivity contribution in [3.63, 3.8) is 0 Å². The number of carbonyl (C=O) groups is 2. The minimum absolute atomic E-state index is 0.0151. The Morgan fingerprint density at radius 3 is 2.83 bits per heavy atom. The number of nitrogens with one attached hydrogen (secondary N) is 1. The molecule has 1 aromatic rings. The van der Waals surface area contributed by atoms with Gasteiger partial charge in [0, 0.05) is 28.3 Å². The number of carboxylic acids is 1. The van der Waals surface area contributed by atoms with Crippen molar-refractivity contribution >= 4 is 39.1 Å². The quantitative estimate of drug-likeness (QED) is 0.794. The van der Waals surface area contributed by atoms with Gasteiger partial charge in [-0.05, 0) is 28.4 Å². The molecule has 0 saturated heterocycles. The number of carboxylic acid groups (broad SMARTS) is 1. The molecule has 0 aliphatic heterocycles. The number of ether oxygens (including phenoxy) is 1. The van der Waals surface area contributed by atoms with Gasteiger partial charge in [0.1, 0.15) is 0 Å². The second-order valence-corrected chi connectivity index (χ2v) is 5.51. The van der Waals surface area contributed by atoms with Gasteiger partial charge in [0.2, 0.25) is 5.91 Å². The van der Waals surface area contributed by atoms with Gasteiger partial charge in [-0.2, -0.15) is 0 Å². The number of hydrogen-bond acceptors (Lipinski definition) is 4. The first-order valence-electron chi connectivity index (χ1n) is 5.28. The average Bonchev–Trinajstić information content (AvgIpc) is 2.73. The monoisotopic (exact) mass is 335 g/mol.